The van der Waals surface area contributed by atoms with Crippen LogP contribution in [0.5, 0.6) is 0 Å². The van der Waals surface area contributed by atoms with Gasteiger partial charge in [-0.05, 0) is 37.8 Å². The molecule has 3 rings (SSSR count). The Morgan fingerprint density at radius 2 is 1.67 bits per heavy atom. The lowest BCUT2D eigenvalue weighted by Crippen LogP contribution is -2.40. The van der Waals surface area contributed by atoms with Crippen molar-refractivity contribution in [2.75, 3.05) is 0 Å². The Morgan fingerprint density at radius 1 is 1.11 bits per heavy atom. The molecule has 0 amide bonds. The van der Waals surface area contributed by atoms with E-state index in [-0.39, 0.29) is 18.3 Å². The zero-order valence-corrected chi connectivity index (χ0v) is 12.5. The van der Waals surface area contributed by atoms with Gasteiger partial charge in [0.05, 0.1) is 0 Å². The average molecular weight is 331 g/mol. The summed E-state index contributed by atoms with van der Waals surface area (Å²) in [4.78, 5) is 12.4. The second kappa shape index (κ2) is 5.72. The third-order valence-electron chi connectivity index (χ3n) is 3.97. The predicted molar refractivity (Wildman–Crippen MR) is 78.4 cm³/mol. The fourth-order valence-corrected chi connectivity index (χ4v) is 3.39. The molecule has 1 aromatic rings. The van der Waals surface area contributed by atoms with Gasteiger partial charge in [0, 0.05) is 28.0 Å². The minimum Gasteiger partial charge on any atom is -0.311 e. The van der Waals surface area contributed by atoms with E-state index in [4.69, 9.17) is 0 Å². The molecule has 0 radical (unpaired) electrons. The fourth-order valence-electron chi connectivity index (χ4n) is 3.12. The molecule has 0 spiro atoms. The van der Waals surface area contributed by atoms with Gasteiger partial charge < -0.3 is 5.32 Å². The first kappa shape index (κ1) is 14.0. The molecule has 2 atom stereocenters. The number of ketones is 1. The van der Waals surface area contributed by atoms with Crippen LogP contribution in [0.25, 0.3) is 0 Å². The Bertz CT molecular complexity index is 422. The van der Waals surface area contributed by atoms with Crippen molar-refractivity contribution in [1.29, 1.82) is 0 Å². The topological polar surface area (TPSA) is 29.1 Å². The molecule has 2 unspecified atom stereocenters. The van der Waals surface area contributed by atoms with Gasteiger partial charge in [0.1, 0.15) is 0 Å². The number of carbonyl (C=O) groups excluding carboxylic acids is 1. The summed E-state index contributed by atoms with van der Waals surface area (Å²) in [5.74, 6) is 0.561. The second-order valence-electron chi connectivity index (χ2n) is 5.18. The molecule has 2 fully saturated rings. The van der Waals surface area contributed by atoms with E-state index in [1.54, 1.807) is 0 Å². The van der Waals surface area contributed by atoms with E-state index in [2.05, 4.69) is 21.2 Å². The summed E-state index contributed by atoms with van der Waals surface area (Å²) in [5.41, 5.74) is 0.861. The first-order chi connectivity index (χ1) is 8.22. The number of hydrogen-bond acceptors (Lipinski definition) is 2. The van der Waals surface area contributed by atoms with Gasteiger partial charge in [-0.15, -0.1) is 12.4 Å². The Balaban J connectivity index is 0.00000120. The molecule has 18 heavy (non-hydrogen) atoms. The lowest BCUT2D eigenvalue weighted by molar-refractivity contribution is 0.0875. The lowest BCUT2D eigenvalue weighted by Gasteiger charge is -2.28. The van der Waals surface area contributed by atoms with Gasteiger partial charge in [0.2, 0.25) is 0 Å². The van der Waals surface area contributed by atoms with E-state index in [1.807, 2.05) is 24.3 Å². The normalized spacial score (nSPS) is 29.7. The van der Waals surface area contributed by atoms with Crippen LogP contribution in [0.4, 0.5) is 0 Å². The summed E-state index contributed by atoms with van der Waals surface area (Å²) in [7, 11) is 0. The van der Waals surface area contributed by atoms with Gasteiger partial charge in [-0.25, -0.2) is 0 Å². The van der Waals surface area contributed by atoms with Crippen LogP contribution in [-0.2, 0) is 0 Å². The maximum Gasteiger partial charge on any atom is 0.166 e. The molecular weight excluding hydrogens is 314 g/mol. The molecule has 2 saturated heterocycles. The van der Waals surface area contributed by atoms with Crippen molar-refractivity contribution in [2.24, 2.45) is 5.92 Å². The van der Waals surface area contributed by atoms with Gasteiger partial charge >= 0.3 is 0 Å². The van der Waals surface area contributed by atoms with Crippen molar-refractivity contribution in [1.82, 2.24) is 5.32 Å². The van der Waals surface area contributed by atoms with Crippen LogP contribution < -0.4 is 5.32 Å². The van der Waals surface area contributed by atoms with E-state index in [1.165, 1.54) is 12.8 Å². The molecule has 1 aromatic carbocycles. The number of fused-ring (bicyclic) bond motifs is 2. The van der Waals surface area contributed by atoms with Crippen molar-refractivity contribution >= 4 is 34.1 Å². The quantitative estimate of drug-likeness (QED) is 0.840. The number of carbonyl (C=O) groups is 1. The molecule has 2 nitrogen and oxygen atoms in total. The first-order valence-corrected chi connectivity index (χ1v) is 7.07. The number of rotatable bonds is 2. The Kier molecular flexibility index (Phi) is 4.46. The third kappa shape index (κ3) is 2.79. The molecule has 1 N–H and O–H groups in total. The largest absolute Gasteiger partial charge is 0.311 e. The van der Waals surface area contributed by atoms with E-state index in [9.17, 15) is 4.79 Å². The van der Waals surface area contributed by atoms with Crippen LogP contribution in [0.3, 0.4) is 0 Å². The Labute approximate surface area is 122 Å². The van der Waals surface area contributed by atoms with Crippen LogP contribution in [0, 0.1) is 5.92 Å². The third-order valence-corrected chi connectivity index (χ3v) is 4.50. The summed E-state index contributed by atoms with van der Waals surface area (Å²) in [6.07, 6.45) is 4.53. The van der Waals surface area contributed by atoms with Gasteiger partial charge in [-0.3, -0.25) is 4.79 Å². The zero-order valence-electron chi connectivity index (χ0n) is 10.1. The molecule has 2 aliphatic heterocycles. The maximum atomic E-state index is 12.4. The van der Waals surface area contributed by atoms with Crippen LogP contribution >= 0.6 is 28.3 Å². The van der Waals surface area contributed by atoms with E-state index < -0.39 is 0 Å². The monoisotopic (exact) mass is 329 g/mol. The molecule has 0 aromatic heterocycles. The number of halogens is 2. The highest BCUT2D eigenvalue weighted by Gasteiger charge is 2.36. The number of hydrogen-bond donors (Lipinski definition) is 1. The molecule has 0 aliphatic carbocycles. The highest BCUT2D eigenvalue weighted by molar-refractivity contribution is 9.10. The summed E-state index contributed by atoms with van der Waals surface area (Å²) in [6, 6.07) is 8.91. The second-order valence-corrected chi connectivity index (χ2v) is 6.09. The summed E-state index contributed by atoms with van der Waals surface area (Å²) in [6.45, 7) is 0. The van der Waals surface area contributed by atoms with Gasteiger partial charge in [0.25, 0.3) is 0 Å². The molecule has 2 aliphatic rings. The Hall–Kier alpha value is -0.380. The standard InChI is InChI=1S/C14H16BrNO.ClH/c15-11-3-1-9(2-4-11)14(17)10-7-12-5-6-13(8-10)16-12;/h1-4,10,12-13,16H,5-8H2;1H. The van der Waals surface area contributed by atoms with E-state index >= 15 is 0 Å². The lowest BCUT2D eigenvalue weighted by atomic mass is 9.86. The average Bonchev–Trinajstić information content (AvgIpc) is 2.68. The summed E-state index contributed by atoms with van der Waals surface area (Å²) in [5, 5.41) is 3.58. The molecule has 2 bridgehead atoms. The van der Waals surface area contributed by atoms with Gasteiger partial charge in [-0.1, -0.05) is 28.1 Å². The van der Waals surface area contributed by atoms with Crippen molar-refractivity contribution in [3.05, 3.63) is 34.3 Å². The number of piperidine rings is 1. The van der Waals surface area contributed by atoms with Gasteiger partial charge in [0.15, 0.2) is 5.78 Å². The van der Waals surface area contributed by atoms with Crippen molar-refractivity contribution in [3.8, 4) is 0 Å². The van der Waals surface area contributed by atoms with Crippen molar-refractivity contribution in [2.45, 2.75) is 37.8 Å². The number of nitrogens with one attached hydrogen (secondary N) is 1. The number of benzene rings is 1. The van der Waals surface area contributed by atoms with Crippen molar-refractivity contribution in [3.63, 3.8) is 0 Å². The van der Waals surface area contributed by atoms with E-state index in [0.29, 0.717) is 17.9 Å². The SMILES string of the molecule is Cl.O=C(c1ccc(Br)cc1)C1CC2CCC(C1)N2. The summed E-state index contributed by atoms with van der Waals surface area (Å²) >= 11 is 3.40. The molecule has 2 heterocycles. The van der Waals surface area contributed by atoms with Gasteiger partial charge in [-0.2, -0.15) is 0 Å². The first-order valence-electron chi connectivity index (χ1n) is 6.28. The number of Topliss-reactive ketones (excluding diaryl/α,β-unsaturated/α-hetero) is 1. The smallest absolute Gasteiger partial charge is 0.166 e. The highest BCUT2D eigenvalue weighted by Crippen LogP contribution is 2.32. The summed E-state index contributed by atoms with van der Waals surface area (Å²) < 4.78 is 1.03. The van der Waals surface area contributed by atoms with Crippen LogP contribution in [0.1, 0.15) is 36.0 Å². The molecule has 4 heteroatoms. The maximum absolute atomic E-state index is 12.4. The fraction of sp³-hybridized carbons (Fsp3) is 0.500. The van der Waals surface area contributed by atoms with Crippen LogP contribution in [-0.4, -0.2) is 17.9 Å². The molecule has 0 saturated carbocycles. The highest BCUT2D eigenvalue weighted by atomic mass is 79.9. The van der Waals surface area contributed by atoms with Crippen LogP contribution in [0.2, 0.25) is 0 Å². The zero-order chi connectivity index (χ0) is 11.8. The Morgan fingerprint density at radius 3 is 2.22 bits per heavy atom. The molecule has 98 valence electrons. The predicted octanol–water partition coefficient (Wildman–Crippen LogP) is 3.58. The minimum atomic E-state index is 0. The van der Waals surface area contributed by atoms with Crippen molar-refractivity contribution < 1.29 is 4.79 Å². The van der Waals surface area contributed by atoms with E-state index in [0.717, 1.165) is 22.9 Å². The minimum absolute atomic E-state index is 0. The molecular formula is C14H17BrClNO. The van der Waals surface area contributed by atoms with Crippen LogP contribution in [0.15, 0.2) is 28.7 Å².